The van der Waals surface area contributed by atoms with Gasteiger partial charge in [-0.15, -0.1) is 0 Å². The average molecular weight is 239 g/mol. The second-order valence-electron chi connectivity index (χ2n) is 4.33. The standard InChI is InChI=1S/C10H17N5O2/c1-11-8-4-3-5-14(6-8)10-9(15(16)17)12-7-13(10)2/h7-8,11H,3-6H2,1-2H3. The maximum atomic E-state index is 10.9. The topological polar surface area (TPSA) is 76.2 Å². The molecule has 0 aliphatic carbocycles. The Morgan fingerprint density at radius 3 is 3.06 bits per heavy atom. The maximum absolute atomic E-state index is 10.9. The minimum atomic E-state index is -0.418. The second kappa shape index (κ2) is 4.70. The molecule has 1 aromatic heterocycles. The second-order valence-corrected chi connectivity index (χ2v) is 4.33. The van der Waals surface area contributed by atoms with E-state index in [1.165, 1.54) is 6.33 Å². The summed E-state index contributed by atoms with van der Waals surface area (Å²) in [7, 11) is 3.71. The number of likely N-dealkylation sites (N-methyl/N-ethyl adjacent to an activating group) is 1. The Hall–Kier alpha value is -1.63. The molecule has 1 fully saturated rings. The number of nitro groups is 1. The minimum Gasteiger partial charge on any atom is -0.358 e. The summed E-state index contributed by atoms with van der Waals surface area (Å²) in [5.41, 5.74) is 0. The van der Waals surface area contributed by atoms with Crippen LogP contribution >= 0.6 is 0 Å². The van der Waals surface area contributed by atoms with E-state index >= 15 is 0 Å². The Balaban J connectivity index is 2.26. The van der Waals surface area contributed by atoms with Gasteiger partial charge in [0.25, 0.3) is 0 Å². The Kier molecular flexibility index (Phi) is 3.28. The summed E-state index contributed by atoms with van der Waals surface area (Å²) in [6.07, 6.45) is 3.64. The molecule has 2 heterocycles. The van der Waals surface area contributed by atoms with Crippen LogP contribution in [0.5, 0.6) is 0 Å². The summed E-state index contributed by atoms with van der Waals surface area (Å²) in [5.74, 6) is 0.555. The summed E-state index contributed by atoms with van der Waals surface area (Å²) >= 11 is 0. The van der Waals surface area contributed by atoms with E-state index in [4.69, 9.17) is 0 Å². The Morgan fingerprint density at radius 2 is 2.41 bits per heavy atom. The third-order valence-corrected chi connectivity index (χ3v) is 3.19. The number of nitrogens with one attached hydrogen (secondary N) is 1. The summed E-state index contributed by atoms with van der Waals surface area (Å²) in [6, 6.07) is 0.387. The average Bonchev–Trinajstić information content (AvgIpc) is 2.71. The molecule has 1 aliphatic heterocycles. The van der Waals surface area contributed by atoms with E-state index in [2.05, 4.69) is 10.3 Å². The lowest BCUT2D eigenvalue weighted by molar-refractivity contribution is -0.388. The first kappa shape index (κ1) is 11.8. The predicted molar refractivity (Wildman–Crippen MR) is 64.2 cm³/mol. The van der Waals surface area contributed by atoms with Crippen LogP contribution in [0.25, 0.3) is 0 Å². The third kappa shape index (κ3) is 2.23. The van der Waals surface area contributed by atoms with Crippen LogP contribution in [0.1, 0.15) is 12.8 Å². The van der Waals surface area contributed by atoms with Gasteiger partial charge in [-0.3, -0.25) is 4.57 Å². The number of hydrogen-bond acceptors (Lipinski definition) is 5. The van der Waals surface area contributed by atoms with Gasteiger partial charge in [-0.05, 0) is 29.8 Å². The zero-order valence-corrected chi connectivity index (χ0v) is 10.1. The molecule has 1 aliphatic rings. The Morgan fingerprint density at radius 1 is 1.65 bits per heavy atom. The smallest absolute Gasteiger partial charge is 0.358 e. The van der Waals surface area contributed by atoms with E-state index in [0.29, 0.717) is 11.9 Å². The fourth-order valence-electron chi connectivity index (χ4n) is 2.31. The molecule has 0 amide bonds. The highest BCUT2D eigenvalue weighted by Gasteiger charge is 2.28. The largest absolute Gasteiger partial charge is 0.406 e. The van der Waals surface area contributed by atoms with Crippen LogP contribution < -0.4 is 10.2 Å². The van der Waals surface area contributed by atoms with Crippen LogP contribution in [-0.2, 0) is 7.05 Å². The van der Waals surface area contributed by atoms with Crippen LogP contribution in [0.3, 0.4) is 0 Å². The lowest BCUT2D eigenvalue weighted by Gasteiger charge is -2.33. The number of imidazole rings is 1. The van der Waals surface area contributed by atoms with Crippen molar-refractivity contribution in [2.45, 2.75) is 18.9 Å². The maximum Gasteiger partial charge on any atom is 0.406 e. The first-order chi connectivity index (χ1) is 8.13. The third-order valence-electron chi connectivity index (χ3n) is 3.19. The number of hydrogen-bond donors (Lipinski definition) is 1. The van der Waals surface area contributed by atoms with Crippen molar-refractivity contribution in [1.29, 1.82) is 0 Å². The van der Waals surface area contributed by atoms with Crippen LogP contribution in [0.15, 0.2) is 6.33 Å². The normalized spacial score (nSPS) is 20.6. The van der Waals surface area contributed by atoms with Gasteiger partial charge in [0.15, 0.2) is 0 Å². The number of piperidine rings is 1. The summed E-state index contributed by atoms with van der Waals surface area (Å²) in [6.45, 7) is 1.63. The summed E-state index contributed by atoms with van der Waals surface area (Å²) < 4.78 is 1.72. The number of nitrogens with zero attached hydrogens (tertiary/aromatic N) is 4. The molecule has 1 N–H and O–H groups in total. The zero-order chi connectivity index (χ0) is 12.4. The van der Waals surface area contributed by atoms with Gasteiger partial charge in [0.1, 0.15) is 0 Å². The highest BCUT2D eigenvalue weighted by atomic mass is 16.6. The molecule has 0 saturated carbocycles. The molecule has 7 nitrogen and oxygen atoms in total. The molecule has 0 spiro atoms. The van der Waals surface area contributed by atoms with Gasteiger partial charge in [0.05, 0.1) is 0 Å². The van der Waals surface area contributed by atoms with Gasteiger partial charge in [-0.1, -0.05) is 0 Å². The number of aryl methyl sites for hydroxylation is 1. The van der Waals surface area contributed by atoms with E-state index in [1.54, 1.807) is 11.6 Å². The molecule has 1 aromatic rings. The van der Waals surface area contributed by atoms with Crippen molar-refractivity contribution >= 4 is 11.6 Å². The first-order valence-corrected chi connectivity index (χ1v) is 5.71. The molecule has 17 heavy (non-hydrogen) atoms. The molecule has 0 bridgehead atoms. The van der Waals surface area contributed by atoms with Crippen molar-refractivity contribution in [3.05, 3.63) is 16.4 Å². The fourth-order valence-corrected chi connectivity index (χ4v) is 2.31. The lowest BCUT2D eigenvalue weighted by atomic mass is 10.1. The molecule has 7 heteroatoms. The van der Waals surface area contributed by atoms with E-state index in [9.17, 15) is 10.1 Å². The molecule has 2 rings (SSSR count). The molecule has 0 radical (unpaired) electrons. The monoisotopic (exact) mass is 239 g/mol. The van der Waals surface area contributed by atoms with Gasteiger partial charge in [-0.25, -0.2) is 0 Å². The summed E-state index contributed by atoms with van der Waals surface area (Å²) in [4.78, 5) is 16.4. The van der Waals surface area contributed by atoms with E-state index in [-0.39, 0.29) is 5.82 Å². The van der Waals surface area contributed by atoms with Crippen molar-refractivity contribution in [3.8, 4) is 0 Å². The molecule has 1 unspecified atom stereocenters. The van der Waals surface area contributed by atoms with Crippen LogP contribution in [-0.4, -0.2) is 40.7 Å². The van der Waals surface area contributed by atoms with Crippen molar-refractivity contribution in [1.82, 2.24) is 14.9 Å². The summed E-state index contributed by atoms with van der Waals surface area (Å²) in [5, 5.41) is 14.1. The van der Waals surface area contributed by atoms with Gasteiger partial charge in [-0.2, -0.15) is 0 Å². The SMILES string of the molecule is CNC1CCCN(c2c([N+](=O)[O-])ncn2C)C1. The van der Waals surface area contributed by atoms with Crippen LogP contribution in [0.4, 0.5) is 11.6 Å². The highest BCUT2D eigenvalue weighted by molar-refractivity contribution is 5.55. The van der Waals surface area contributed by atoms with Gasteiger partial charge < -0.3 is 20.3 Å². The number of aromatic nitrogens is 2. The quantitative estimate of drug-likeness (QED) is 0.614. The molecule has 1 atom stereocenters. The van der Waals surface area contributed by atoms with Crippen LogP contribution in [0.2, 0.25) is 0 Å². The molecule has 0 aromatic carbocycles. The van der Waals surface area contributed by atoms with Crippen molar-refractivity contribution in [2.24, 2.45) is 7.05 Å². The van der Waals surface area contributed by atoms with Gasteiger partial charge in [0.2, 0.25) is 12.1 Å². The first-order valence-electron chi connectivity index (χ1n) is 5.71. The zero-order valence-electron chi connectivity index (χ0n) is 10.1. The van der Waals surface area contributed by atoms with E-state index < -0.39 is 4.92 Å². The van der Waals surface area contributed by atoms with Gasteiger partial charge in [0, 0.05) is 26.2 Å². The predicted octanol–water partition coefficient (Wildman–Crippen LogP) is 0.516. The number of rotatable bonds is 3. The lowest BCUT2D eigenvalue weighted by Crippen LogP contribution is -2.45. The van der Waals surface area contributed by atoms with Crippen LogP contribution in [0, 0.1) is 10.1 Å². The molecular formula is C10H17N5O2. The molecular weight excluding hydrogens is 222 g/mol. The fraction of sp³-hybridized carbons (Fsp3) is 0.700. The van der Waals surface area contributed by atoms with Crippen molar-refractivity contribution in [2.75, 3.05) is 25.0 Å². The van der Waals surface area contributed by atoms with E-state index in [1.807, 2.05) is 11.9 Å². The number of anilines is 1. The Bertz CT molecular complexity index is 417. The van der Waals surface area contributed by atoms with Crippen molar-refractivity contribution < 1.29 is 4.92 Å². The highest BCUT2D eigenvalue weighted by Crippen LogP contribution is 2.28. The molecule has 94 valence electrons. The minimum absolute atomic E-state index is 0.0516. The molecule has 1 saturated heterocycles. The Labute approximate surface area is 99.6 Å². The van der Waals surface area contributed by atoms with Gasteiger partial charge >= 0.3 is 5.82 Å². The van der Waals surface area contributed by atoms with E-state index in [0.717, 1.165) is 25.9 Å². The van der Waals surface area contributed by atoms with Crippen molar-refractivity contribution in [3.63, 3.8) is 0 Å².